The van der Waals surface area contributed by atoms with Crippen LogP contribution < -0.4 is 0 Å². The molecular formula is C19H23N5O. The minimum Gasteiger partial charge on any atom is -0.337 e. The van der Waals surface area contributed by atoms with Crippen molar-refractivity contribution in [1.29, 1.82) is 0 Å². The summed E-state index contributed by atoms with van der Waals surface area (Å²) < 4.78 is 0. The van der Waals surface area contributed by atoms with Crippen LogP contribution >= 0.6 is 0 Å². The molecule has 4 rings (SSSR count). The molecule has 6 nitrogen and oxygen atoms in total. The Bertz CT molecular complexity index is 723. The number of aromatic nitrogens is 3. The number of pyridine rings is 1. The van der Waals surface area contributed by atoms with Crippen LogP contribution in [0.15, 0.2) is 43.1 Å². The maximum Gasteiger partial charge on any atom is 0.274 e. The van der Waals surface area contributed by atoms with E-state index in [2.05, 4.69) is 25.9 Å². The summed E-state index contributed by atoms with van der Waals surface area (Å²) >= 11 is 0. The van der Waals surface area contributed by atoms with Crippen LogP contribution in [-0.4, -0.2) is 56.8 Å². The van der Waals surface area contributed by atoms with Crippen molar-refractivity contribution in [3.05, 3.63) is 54.4 Å². The van der Waals surface area contributed by atoms with Gasteiger partial charge in [-0.05, 0) is 37.4 Å². The molecule has 0 aromatic carbocycles. The van der Waals surface area contributed by atoms with Gasteiger partial charge >= 0.3 is 0 Å². The third-order valence-corrected chi connectivity index (χ3v) is 5.38. The first-order chi connectivity index (χ1) is 12.2. The maximum absolute atomic E-state index is 12.7. The van der Waals surface area contributed by atoms with Gasteiger partial charge in [-0.15, -0.1) is 0 Å². The van der Waals surface area contributed by atoms with E-state index in [1.165, 1.54) is 12.0 Å². The first-order valence-electron chi connectivity index (χ1n) is 8.91. The van der Waals surface area contributed by atoms with Crippen molar-refractivity contribution in [2.45, 2.75) is 25.8 Å². The highest BCUT2D eigenvalue weighted by Crippen LogP contribution is 2.39. The predicted molar refractivity (Wildman–Crippen MR) is 93.7 cm³/mol. The van der Waals surface area contributed by atoms with Crippen LogP contribution in [0, 0.1) is 5.41 Å². The molecule has 2 saturated heterocycles. The number of hydrogen-bond donors (Lipinski definition) is 0. The summed E-state index contributed by atoms with van der Waals surface area (Å²) in [6.07, 6.45) is 11.9. The monoisotopic (exact) mass is 337 g/mol. The lowest BCUT2D eigenvalue weighted by Gasteiger charge is -2.40. The average molecular weight is 337 g/mol. The molecule has 1 atom stereocenters. The highest BCUT2D eigenvalue weighted by molar-refractivity contribution is 5.92. The number of likely N-dealkylation sites (tertiary alicyclic amines) is 2. The first-order valence-corrected chi connectivity index (χ1v) is 8.91. The average Bonchev–Trinajstić information content (AvgIpc) is 3.04. The van der Waals surface area contributed by atoms with Gasteiger partial charge in [0.25, 0.3) is 5.91 Å². The van der Waals surface area contributed by atoms with Crippen molar-refractivity contribution in [2.75, 3.05) is 26.2 Å². The summed E-state index contributed by atoms with van der Waals surface area (Å²) in [6.45, 7) is 4.72. The van der Waals surface area contributed by atoms with Crippen molar-refractivity contribution >= 4 is 5.91 Å². The van der Waals surface area contributed by atoms with Gasteiger partial charge in [0.2, 0.25) is 0 Å². The third-order valence-electron chi connectivity index (χ3n) is 5.38. The number of amides is 1. The van der Waals surface area contributed by atoms with Crippen LogP contribution in [0.2, 0.25) is 0 Å². The molecule has 2 aliphatic rings. The number of piperidine rings is 1. The van der Waals surface area contributed by atoms with Gasteiger partial charge in [-0.3, -0.25) is 19.7 Å². The summed E-state index contributed by atoms with van der Waals surface area (Å²) in [4.78, 5) is 29.6. The van der Waals surface area contributed by atoms with Crippen LogP contribution in [0.25, 0.3) is 0 Å². The largest absolute Gasteiger partial charge is 0.337 e. The van der Waals surface area contributed by atoms with E-state index in [9.17, 15) is 4.79 Å². The third kappa shape index (κ3) is 3.54. The van der Waals surface area contributed by atoms with E-state index in [1.54, 1.807) is 18.6 Å². The van der Waals surface area contributed by atoms with Crippen LogP contribution in [0.4, 0.5) is 0 Å². The van der Waals surface area contributed by atoms with Crippen molar-refractivity contribution in [2.24, 2.45) is 5.41 Å². The molecule has 130 valence electrons. The predicted octanol–water partition coefficient (Wildman–Crippen LogP) is 2.00. The summed E-state index contributed by atoms with van der Waals surface area (Å²) in [5.41, 5.74) is 1.92. The zero-order valence-electron chi connectivity index (χ0n) is 14.3. The van der Waals surface area contributed by atoms with Crippen molar-refractivity contribution in [1.82, 2.24) is 24.8 Å². The molecule has 0 unspecified atom stereocenters. The molecular weight excluding hydrogens is 314 g/mol. The zero-order chi connectivity index (χ0) is 17.1. The Morgan fingerprint density at radius 1 is 1.08 bits per heavy atom. The molecule has 0 radical (unpaired) electrons. The number of carbonyl (C=O) groups excluding carboxylic acids is 1. The van der Waals surface area contributed by atoms with E-state index in [0.29, 0.717) is 5.69 Å². The van der Waals surface area contributed by atoms with E-state index < -0.39 is 0 Å². The van der Waals surface area contributed by atoms with E-state index in [-0.39, 0.29) is 11.3 Å². The van der Waals surface area contributed by atoms with E-state index >= 15 is 0 Å². The van der Waals surface area contributed by atoms with Gasteiger partial charge in [-0.2, -0.15) is 0 Å². The minimum absolute atomic E-state index is 0.0119. The Hall–Kier alpha value is -2.34. The SMILES string of the molecule is O=C(c1cnccn1)N1CCC[C@]2(CCN(Cc3cccnc3)C2)C1. The molecule has 4 heterocycles. The molecule has 2 aromatic rings. The molecule has 0 N–H and O–H groups in total. The van der Waals surface area contributed by atoms with Gasteiger partial charge < -0.3 is 4.90 Å². The standard InChI is InChI=1S/C19H23N5O/c25-18(17-12-21-7-8-22-17)24-9-2-4-19(15-24)5-10-23(14-19)13-16-3-1-6-20-11-16/h1,3,6-8,11-12H,2,4-5,9-10,13-15H2/t19-/m1/s1. The maximum atomic E-state index is 12.7. The number of hydrogen-bond acceptors (Lipinski definition) is 5. The molecule has 0 aliphatic carbocycles. The van der Waals surface area contributed by atoms with Gasteiger partial charge in [0.15, 0.2) is 0 Å². The smallest absolute Gasteiger partial charge is 0.274 e. The summed E-state index contributed by atoms with van der Waals surface area (Å²) in [5, 5.41) is 0. The quantitative estimate of drug-likeness (QED) is 0.857. The second kappa shape index (κ2) is 6.88. The second-order valence-corrected chi connectivity index (χ2v) is 7.24. The summed E-state index contributed by atoms with van der Waals surface area (Å²) in [7, 11) is 0. The van der Waals surface area contributed by atoms with Crippen molar-refractivity contribution in [3.8, 4) is 0 Å². The Kier molecular flexibility index (Phi) is 4.44. The van der Waals surface area contributed by atoms with Crippen LogP contribution in [0.5, 0.6) is 0 Å². The normalized spacial score (nSPS) is 23.9. The molecule has 0 saturated carbocycles. The minimum atomic E-state index is 0.0119. The molecule has 1 spiro atoms. The topological polar surface area (TPSA) is 62.2 Å². The van der Waals surface area contributed by atoms with Gasteiger partial charge in [-0.25, -0.2) is 4.98 Å². The highest BCUT2D eigenvalue weighted by atomic mass is 16.2. The first kappa shape index (κ1) is 16.1. The molecule has 25 heavy (non-hydrogen) atoms. The van der Waals surface area contributed by atoms with Crippen LogP contribution in [0.3, 0.4) is 0 Å². The Labute approximate surface area is 147 Å². The number of carbonyl (C=O) groups is 1. The lowest BCUT2D eigenvalue weighted by molar-refractivity contribution is 0.0521. The molecule has 1 amide bonds. The van der Waals surface area contributed by atoms with Gasteiger partial charge in [0.05, 0.1) is 6.20 Å². The van der Waals surface area contributed by atoms with Crippen molar-refractivity contribution < 1.29 is 4.79 Å². The second-order valence-electron chi connectivity index (χ2n) is 7.24. The van der Waals surface area contributed by atoms with Crippen LogP contribution in [-0.2, 0) is 6.54 Å². The fourth-order valence-corrected chi connectivity index (χ4v) is 4.20. The van der Waals surface area contributed by atoms with E-state index in [0.717, 1.165) is 45.6 Å². The number of rotatable bonds is 3. The highest BCUT2D eigenvalue weighted by Gasteiger charge is 2.42. The fourth-order valence-electron chi connectivity index (χ4n) is 4.20. The summed E-state index contributed by atoms with van der Waals surface area (Å²) in [5.74, 6) is 0.0119. The molecule has 2 aromatic heterocycles. The van der Waals surface area contributed by atoms with Gasteiger partial charge in [0, 0.05) is 56.4 Å². The Morgan fingerprint density at radius 3 is 2.80 bits per heavy atom. The molecule has 2 fully saturated rings. The summed E-state index contributed by atoms with van der Waals surface area (Å²) in [6, 6.07) is 4.12. The Morgan fingerprint density at radius 2 is 2.00 bits per heavy atom. The Balaban J connectivity index is 1.42. The van der Waals surface area contributed by atoms with Crippen LogP contribution in [0.1, 0.15) is 35.3 Å². The van der Waals surface area contributed by atoms with E-state index in [4.69, 9.17) is 0 Å². The lowest BCUT2D eigenvalue weighted by atomic mass is 9.79. The van der Waals surface area contributed by atoms with Gasteiger partial charge in [0.1, 0.15) is 5.69 Å². The van der Waals surface area contributed by atoms with Crippen molar-refractivity contribution in [3.63, 3.8) is 0 Å². The molecule has 6 heteroatoms. The van der Waals surface area contributed by atoms with Gasteiger partial charge in [-0.1, -0.05) is 6.07 Å². The zero-order valence-corrected chi connectivity index (χ0v) is 14.3. The molecule has 0 bridgehead atoms. The fraction of sp³-hybridized carbons (Fsp3) is 0.474. The lowest BCUT2D eigenvalue weighted by Crippen LogP contribution is -2.47. The molecule has 2 aliphatic heterocycles. The van der Waals surface area contributed by atoms with E-state index in [1.807, 2.05) is 23.4 Å². The number of nitrogens with zero attached hydrogens (tertiary/aromatic N) is 5.